The summed E-state index contributed by atoms with van der Waals surface area (Å²) in [6, 6.07) is 17.1. The largest absolute Gasteiger partial charge is 0.505 e. The minimum Gasteiger partial charge on any atom is -0.505 e. The van der Waals surface area contributed by atoms with Gasteiger partial charge >= 0.3 is 11.9 Å². The number of hydrogen-bond donors (Lipinski definition) is 3. The molecular formula is C35H26Br5N5O8. The molecule has 0 atom stereocenters. The van der Waals surface area contributed by atoms with E-state index in [1.54, 1.807) is 25.7 Å². The summed E-state index contributed by atoms with van der Waals surface area (Å²) in [5, 5.41) is 40.6. The number of esters is 1. The first kappa shape index (κ1) is 40.0. The first-order chi connectivity index (χ1) is 25.3. The van der Waals surface area contributed by atoms with E-state index in [9.17, 15) is 30.2 Å². The van der Waals surface area contributed by atoms with Crippen molar-refractivity contribution in [2.45, 2.75) is 20.0 Å². The topological polar surface area (TPSA) is 182 Å². The van der Waals surface area contributed by atoms with Crippen molar-refractivity contribution in [2.75, 3.05) is 20.8 Å². The quantitative estimate of drug-likeness (QED) is 0.0928. The maximum Gasteiger partial charge on any atom is 0.360 e. The van der Waals surface area contributed by atoms with Crippen molar-refractivity contribution in [2.24, 2.45) is 0 Å². The van der Waals surface area contributed by atoms with Gasteiger partial charge in [-0.2, -0.15) is 5.26 Å². The SMILES string of the molecule is CCOC(=O)c1nc(C#N)c2c(c1O)c(Br)c(Br)n2Cc1cccc(OC)c1.COc1cccc(Cn2c(Br)c(Br)c3c(O)c(C(=O)O)nc(Br)c32)c1. The van der Waals surface area contributed by atoms with Crippen LogP contribution in [0, 0.1) is 11.3 Å². The minimum absolute atomic E-state index is 0.00477. The van der Waals surface area contributed by atoms with Gasteiger partial charge in [-0.15, -0.1) is 0 Å². The van der Waals surface area contributed by atoms with E-state index in [2.05, 4.69) is 89.6 Å². The van der Waals surface area contributed by atoms with Gasteiger partial charge in [-0.25, -0.2) is 19.6 Å². The number of aromatic hydroxyl groups is 2. The molecule has 0 amide bonds. The van der Waals surface area contributed by atoms with E-state index in [1.807, 2.05) is 59.2 Å². The number of carboxylic acids is 1. The third kappa shape index (κ3) is 7.90. The van der Waals surface area contributed by atoms with Crippen LogP contribution in [0.4, 0.5) is 0 Å². The first-order valence-electron chi connectivity index (χ1n) is 15.2. The van der Waals surface area contributed by atoms with Crippen molar-refractivity contribution >= 4 is 113 Å². The number of benzene rings is 2. The Hall–Kier alpha value is -4.15. The Balaban J connectivity index is 0.000000206. The lowest BCUT2D eigenvalue weighted by Crippen LogP contribution is -2.10. The number of nitrogens with zero attached hydrogens (tertiary/aromatic N) is 5. The van der Waals surface area contributed by atoms with Crippen LogP contribution in [-0.2, 0) is 17.8 Å². The molecule has 3 N–H and O–H groups in total. The summed E-state index contributed by atoms with van der Waals surface area (Å²) >= 11 is 17.2. The van der Waals surface area contributed by atoms with Crippen molar-refractivity contribution in [3.8, 4) is 29.1 Å². The van der Waals surface area contributed by atoms with Crippen LogP contribution in [0.3, 0.4) is 0 Å². The van der Waals surface area contributed by atoms with Crippen LogP contribution in [0.5, 0.6) is 23.0 Å². The second-order valence-corrected chi connectivity index (χ2v) is 14.8. The molecule has 4 aromatic heterocycles. The second-order valence-electron chi connectivity index (χ2n) is 10.9. The fourth-order valence-corrected chi connectivity index (χ4v) is 8.21. The van der Waals surface area contributed by atoms with Crippen LogP contribution in [0.15, 0.2) is 71.3 Å². The maximum atomic E-state index is 12.1. The summed E-state index contributed by atoms with van der Waals surface area (Å²) in [6.45, 7) is 2.62. The highest BCUT2D eigenvalue weighted by Crippen LogP contribution is 2.44. The second kappa shape index (κ2) is 16.9. The molecule has 0 aliphatic rings. The summed E-state index contributed by atoms with van der Waals surface area (Å²) in [6.07, 6.45) is 0. The molecule has 4 heterocycles. The molecule has 0 spiro atoms. The molecule has 53 heavy (non-hydrogen) atoms. The summed E-state index contributed by atoms with van der Waals surface area (Å²) in [4.78, 5) is 31.5. The zero-order valence-electron chi connectivity index (χ0n) is 27.7. The Kier molecular flexibility index (Phi) is 12.8. The number of aromatic nitrogens is 4. The van der Waals surface area contributed by atoms with Gasteiger partial charge in [0.15, 0.2) is 28.6 Å². The minimum atomic E-state index is -1.30. The lowest BCUT2D eigenvalue weighted by atomic mass is 10.2. The Morgan fingerprint density at radius 1 is 0.792 bits per heavy atom. The molecule has 0 fully saturated rings. The number of carbonyl (C=O) groups is 2. The molecule has 0 radical (unpaired) electrons. The van der Waals surface area contributed by atoms with Crippen molar-refractivity contribution in [1.29, 1.82) is 5.26 Å². The highest BCUT2D eigenvalue weighted by Gasteiger charge is 2.28. The lowest BCUT2D eigenvalue weighted by molar-refractivity contribution is 0.0515. The molecular weight excluding hydrogens is 1020 g/mol. The van der Waals surface area contributed by atoms with E-state index in [-0.39, 0.29) is 29.5 Å². The molecule has 0 saturated carbocycles. The fourth-order valence-electron chi connectivity index (χ4n) is 5.44. The van der Waals surface area contributed by atoms with E-state index in [4.69, 9.17) is 14.2 Å². The maximum absolute atomic E-state index is 12.1. The molecule has 0 aliphatic carbocycles. The Morgan fingerprint density at radius 3 is 1.75 bits per heavy atom. The van der Waals surface area contributed by atoms with Crippen molar-refractivity contribution in [3.63, 3.8) is 0 Å². The van der Waals surface area contributed by atoms with Gasteiger partial charge < -0.3 is 38.7 Å². The predicted octanol–water partition coefficient (Wildman–Crippen LogP) is 9.16. The predicted molar refractivity (Wildman–Crippen MR) is 213 cm³/mol. The first-order valence-corrected chi connectivity index (χ1v) is 19.2. The number of carbonyl (C=O) groups excluding carboxylic acids is 1. The molecule has 2 aromatic carbocycles. The van der Waals surface area contributed by atoms with Gasteiger partial charge in [0.05, 0.1) is 51.6 Å². The molecule has 0 unspecified atom stereocenters. The molecule has 6 rings (SSSR count). The molecule has 18 heteroatoms. The van der Waals surface area contributed by atoms with E-state index in [1.165, 1.54) is 0 Å². The summed E-state index contributed by atoms with van der Waals surface area (Å²) < 4.78 is 21.7. The van der Waals surface area contributed by atoms with Crippen LogP contribution in [-0.4, -0.2) is 67.2 Å². The highest BCUT2D eigenvalue weighted by atomic mass is 79.9. The van der Waals surface area contributed by atoms with E-state index < -0.39 is 17.6 Å². The van der Waals surface area contributed by atoms with Crippen molar-refractivity contribution < 1.29 is 39.1 Å². The molecule has 0 saturated heterocycles. The van der Waals surface area contributed by atoms with Crippen LogP contribution in [0.25, 0.3) is 21.8 Å². The van der Waals surface area contributed by atoms with Crippen LogP contribution < -0.4 is 9.47 Å². The van der Waals surface area contributed by atoms with E-state index in [0.717, 1.165) is 16.9 Å². The van der Waals surface area contributed by atoms with E-state index >= 15 is 0 Å². The van der Waals surface area contributed by atoms with Gasteiger partial charge in [-0.05, 0) is 122 Å². The van der Waals surface area contributed by atoms with Gasteiger partial charge in [-0.3, -0.25) is 0 Å². The molecule has 6 aromatic rings. The number of aromatic carboxylic acids is 1. The lowest BCUT2D eigenvalue weighted by Gasteiger charge is -2.11. The zero-order valence-corrected chi connectivity index (χ0v) is 35.7. The molecule has 0 aliphatic heterocycles. The number of carboxylic acid groups (broad SMARTS) is 1. The highest BCUT2D eigenvalue weighted by molar-refractivity contribution is 9.13. The van der Waals surface area contributed by atoms with Gasteiger partial charge in [0.25, 0.3) is 0 Å². The number of methoxy groups -OCH3 is 2. The van der Waals surface area contributed by atoms with Gasteiger partial charge in [0, 0.05) is 13.1 Å². The number of hydrogen-bond acceptors (Lipinski definition) is 10. The van der Waals surface area contributed by atoms with Crippen LogP contribution in [0.2, 0.25) is 0 Å². The molecule has 274 valence electrons. The number of pyridine rings is 2. The Bertz CT molecular complexity index is 2460. The average molecular weight is 1040 g/mol. The Labute approximate surface area is 343 Å². The summed E-state index contributed by atoms with van der Waals surface area (Å²) in [7, 11) is 3.19. The smallest absolute Gasteiger partial charge is 0.360 e. The van der Waals surface area contributed by atoms with E-state index in [0.29, 0.717) is 63.4 Å². The molecule has 13 nitrogen and oxygen atoms in total. The molecule has 0 bridgehead atoms. The van der Waals surface area contributed by atoms with Gasteiger partial charge in [0.1, 0.15) is 31.4 Å². The summed E-state index contributed by atoms with van der Waals surface area (Å²) in [5.74, 6) is -1.38. The van der Waals surface area contributed by atoms with Crippen molar-refractivity contribution in [3.05, 3.63) is 99.5 Å². The average Bonchev–Trinajstić information content (AvgIpc) is 3.55. The third-order valence-electron chi connectivity index (χ3n) is 7.79. The van der Waals surface area contributed by atoms with Crippen LogP contribution in [0.1, 0.15) is 44.7 Å². The number of rotatable bonds is 9. The number of fused-ring (bicyclic) bond motifs is 2. The number of ether oxygens (including phenoxy) is 3. The van der Waals surface area contributed by atoms with Gasteiger partial charge in [0.2, 0.25) is 0 Å². The number of halogens is 5. The standard InChI is InChI=1S/C19H15Br2N3O4.C16H11Br3N2O4/c1-3-28-19(26)15-17(25)13-14(20)18(21)24(16(13)12(8-22)23-15)9-10-5-4-6-11(7-10)27-2;1-25-8-4-2-3-7(5-8)6-21-12-9(10(17)15(21)19)13(22)11(16(23)24)20-14(12)18/h4-7,25H,3,9H2,1-2H3;2-5,22H,6H2,1H3,(H,23,24). The monoisotopic (exact) mass is 1040 g/mol. The Morgan fingerprint density at radius 2 is 1.28 bits per heavy atom. The zero-order chi connectivity index (χ0) is 38.7. The van der Waals surface area contributed by atoms with Gasteiger partial charge in [-0.1, -0.05) is 24.3 Å². The normalized spacial score (nSPS) is 10.8. The van der Waals surface area contributed by atoms with Crippen LogP contribution >= 0.6 is 79.6 Å². The summed E-state index contributed by atoms with van der Waals surface area (Å²) in [5.41, 5.74) is 2.16. The number of nitriles is 1. The van der Waals surface area contributed by atoms with Crippen molar-refractivity contribution in [1.82, 2.24) is 19.1 Å². The third-order valence-corrected chi connectivity index (χ3v) is 12.6. The fraction of sp³-hybridized carbons (Fsp3) is 0.171.